The van der Waals surface area contributed by atoms with Gasteiger partial charge in [0.15, 0.2) is 24.4 Å². The van der Waals surface area contributed by atoms with E-state index in [2.05, 4.69) is 0 Å². The molecule has 12 rings (SSSR count). The molecule has 6 fully saturated rings. The third-order valence-corrected chi connectivity index (χ3v) is 22.1. The van der Waals surface area contributed by atoms with E-state index in [0.29, 0.717) is 83.1 Å². The second-order valence-corrected chi connectivity index (χ2v) is 26.4. The van der Waals surface area contributed by atoms with Crippen molar-refractivity contribution in [3.63, 3.8) is 0 Å². The van der Waals surface area contributed by atoms with Crippen LogP contribution >= 0.6 is 0 Å². The number of hydrogen-bond acceptors (Lipinski definition) is 20. The van der Waals surface area contributed by atoms with Gasteiger partial charge in [0, 0.05) is 78.8 Å². The molecule has 0 unspecified atom stereocenters. The molecule has 20 nitrogen and oxygen atoms in total. The Bertz CT molecular complexity index is 3060. The first-order valence-electron chi connectivity index (χ1n) is 28.8. The Morgan fingerprint density at radius 3 is 1.31 bits per heavy atom. The van der Waals surface area contributed by atoms with Crippen molar-refractivity contribution >= 4 is 35.8 Å². The molecule has 452 valence electrons. The Kier molecular flexibility index (Phi) is 14.2. The number of allylic oxidation sites excluding steroid dienone is 4. The summed E-state index contributed by atoms with van der Waals surface area (Å²) in [5.74, 6) is -10.5. The van der Waals surface area contributed by atoms with E-state index in [1.54, 1.807) is 76.7 Å². The molecule has 6 aliphatic heterocycles. The maximum Gasteiger partial charge on any atom is 0.335 e. The molecule has 0 spiro atoms. The fourth-order valence-corrected chi connectivity index (χ4v) is 18.0. The molecule has 2 aromatic heterocycles. The van der Waals surface area contributed by atoms with Crippen molar-refractivity contribution in [1.82, 2.24) is 0 Å². The topological polar surface area (TPSA) is 283 Å². The summed E-state index contributed by atoms with van der Waals surface area (Å²) < 4.78 is 57.3. The maximum atomic E-state index is 13.2. The van der Waals surface area contributed by atoms with Crippen LogP contribution in [0.15, 0.2) is 116 Å². The number of aliphatic hydroxyl groups excluding tert-OH is 2. The second-order valence-electron chi connectivity index (χ2n) is 26.4. The van der Waals surface area contributed by atoms with Gasteiger partial charge in [-0.25, -0.2) is 28.8 Å². The number of methoxy groups -OCH3 is 2. The van der Waals surface area contributed by atoms with Crippen molar-refractivity contribution in [1.29, 1.82) is 0 Å². The Labute approximate surface area is 486 Å². The fourth-order valence-electron chi connectivity index (χ4n) is 18.0. The van der Waals surface area contributed by atoms with E-state index in [0.717, 1.165) is 0 Å². The summed E-state index contributed by atoms with van der Waals surface area (Å²) in [5, 5.41) is 48.0. The molecular weight excluding hydrogens is 1090 g/mol. The second kappa shape index (κ2) is 20.1. The monoisotopic (exact) mass is 1160 g/mol. The molecule has 4 aliphatic carbocycles. The van der Waals surface area contributed by atoms with Crippen molar-refractivity contribution < 1.29 is 95.9 Å². The SMILES string of the molecule is C/C=C(\C)C(=O)O[C@H]1[C@]2(C)C[C@@H]3O[C@@]1(O)C=C1C4=CC(=O)O[C@@H](c5ccoc5)[C@]4(C)CC[C@@H]1[C@]3(C)[C@H]2[C@@H](O)C(=O)OC.C/C=C(\C)C(=O)O[C@H]1[C@]2(C)C[C@@H]3O[C@@]1(O)C=C1C4=CC(=O)O[C@@H](c5ccoc5)[C@]4(C)CC[C@@H]1[C@]3(C)[C@H]2[C@@H](O)C(=O)OC. The molecule has 0 radical (unpaired) electrons. The van der Waals surface area contributed by atoms with E-state index in [9.17, 15) is 49.2 Å². The summed E-state index contributed by atoms with van der Waals surface area (Å²) in [4.78, 5) is 78.4. The third kappa shape index (κ3) is 8.26. The lowest BCUT2D eigenvalue weighted by Crippen LogP contribution is -2.61. The molecule has 20 heteroatoms. The van der Waals surface area contributed by atoms with Gasteiger partial charge in [-0.1, -0.05) is 53.7 Å². The van der Waals surface area contributed by atoms with Crippen molar-refractivity contribution in [2.24, 2.45) is 56.2 Å². The number of aliphatic hydroxyl groups is 4. The molecule has 2 aromatic rings. The minimum Gasteiger partial charge on any atom is -0.472 e. The Balaban J connectivity index is 0.000000175. The highest BCUT2D eigenvalue weighted by molar-refractivity contribution is 5.89. The van der Waals surface area contributed by atoms with Gasteiger partial charge in [-0.15, -0.1) is 0 Å². The van der Waals surface area contributed by atoms with Crippen molar-refractivity contribution in [3.8, 4) is 0 Å². The van der Waals surface area contributed by atoms with Gasteiger partial charge < -0.3 is 67.2 Å². The van der Waals surface area contributed by atoms with Gasteiger partial charge in [0.05, 0.1) is 51.5 Å². The van der Waals surface area contributed by atoms with Gasteiger partial charge in [-0.3, -0.25) is 0 Å². The van der Waals surface area contributed by atoms with Crippen LogP contribution in [0.25, 0.3) is 0 Å². The summed E-state index contributed by atoms with van der Waals surface area (Å²) >= 11 is 0. The number of cyclic esters (lactones) is 2. The lowest BCUT2D eigenvalue weighted by Gasteiger charge is -2.54. The molecule has 0 amide bonds. The Morgan fingerprint density at radius 1 is 0.619 bits per heavy atom. The summed E-state index contributed by atoms with van der Waals surface area (Å²) in [6.45, 7) is 18.2. The molecule has 2 saturated heterocycles. The van der Waals surface area contributed by atoms with E-state index in [4.69, 9.17) is 46.7 Å². The van der Waals surface area contributed by atoms with Gasteiger partial charge in [-0.05, 0) is 125 Å². The Morgan fingerprint density at radius 2 is 0.988 bits per heavy atom. The van der Waals surface area contributed by atoms with Gasteiger partial charge in [-0.2, -0.15) is 0 Å². The minimum atomic E-state index is -2.11. The summed E-state index contributed by atoms with van der Waals surface area (Å²) in [6.07, 6.45) is 10.4. The van der Waals surface area contributed by atoms with Crippen molar-refractivity contribution in [2.45, 2.75) is 168 Å². The van der Waals surface area contributed by atoms with Gasteiger partial charge >= 0.3 is 35.8 Å². The van der Waals surface area contributed by atoms with Gasteiger partial charge in [0.1, 0.15) is 12.2 Å². The average molecular weight is 1170 g/mol. The third-order valence-electron chi connectivity index (χ3n) is 22.1. The fraction of sp³-hybridized carbons (Fsp3) is 0.594. The molecule has 10 aliphatic rings. The van der Waals surface area contributed by atoms with Crippen LogP contribution in [0.5, 0.6) is 0 Å². The number of ether oxygens (including phenoxy) is 8. The van der Waals surface area contributed by atoms with E-state index in [-0.39, 0.29) is 11.8 Å². The molecular formula is C64H76O20. The first-order chi connectivity index (χ1) is 39.5. The first kappa shape index (κ1) is 59.3. The molecule has 84 heavy (non-hydrogen) atoms. The molecule has 0 aromatic carbocycles. The van der Waals surface area contributed by atoms with Crippen molar-refractivity contribution in [2.75, 3.05) is 14.2 Å². The van der Waals surface area contributed by atoms with E-state index < -0.39 is 141 Å². The first-order valence-corrected chi connectivity index (χ1v) is 28.8. The van der Waals surface area contributed by atoms with Crippen LogP contribution < -0.4 is 0 Å². The number of carbonyl (C=O) groups excluding carboxylic acids is 6. The average Bonchev–Trinajstić information content (AvgIpc) is 1.52. The molecule has 8 heterocycles. The van der Waals surface area contributed by atoms with Crippen LogP contribution in [0.1, 0.15) is 131 Å². The van der Waals surface area contributed by atoms with E-state index >= 15 is 0 Å². The molecule has 4 saturated carbocycles. The number of rotatable bonds is 10. The summed E-state index contributed by atoms with van der Waals surface area (Å²) in [5.41, 5.74) is -0.516. The molecule has 4 N–H and O–H groups in total. The zero-order valence-electron chi connectivity index (χ0n) is 49.4. The zero-order valence-corrected chi connectivity index (χ0v) is 49.4. The number of hydrogen-bond donors (Lipinski definition) is 4. The highest BCUT2D eigenvalue weighted by atomic mass is 16.7. The van der Waals surface area contributed by atoms with Crippen LogP contribution in [0.3, 0.4) is 0 Å². The predicted octanol–water partition coefficient (Wildman–Crippen LogP) is 7.38. The minimum absolute atomic E-state index is 0.313. The summed E-state index contributed by atoms with van der Waals surface area (Å²) in [7, 11) is 2.42. The largest absolute Gasteiger partial charge is 0.472 e. The quantitative estimate of drug-likeness (QED) is 0.102. The van der Waals surface area contributed by atoms with E-state index in [1.165, 1.54) is 38.9 Å². The summed E-state index contributed by atoms with van der Waals surface area (Å²) in [6, 6.07) is 3.54. The van der Waals surface area contributed by atoms with Crippen LogP contribution in [0, 0.1) is 56.2 Å². The molecule has 20 atom stereocenters. The lowest BCUT2D eigenvalue weighted by molar-refractivity contribution is -0.298. The Hall–Kier alpha value is -6.42. The van der Waals surface area contributed by atoms with Gasteiger partial charge in [0.25, 0.3) is 0 Å². The van der Waals surface area contributed by atoms with E-state index in [1.807, 2.05) is 41.5 Å². The smallest absolute Gasteiger partial charge is 0.335 e. The van der Waals surface area contributed by atoms with Crippen LogP contribution in [-0.2, 0) is 66.7 Å². The number of fused-ring (bicyclic) bond motifs is 12. The van der Waals surface area contributed by atoms with Crippen molar-refractivity contribution in [3.05, 3.63) is 118 Å². The highest BCUT2D eigenvalue weighted by Gasteiger charge is 2.79. The maximum absolute atomic E-state index is 13.2. The molecule has 6 bridgehead atoms. The predicted molar refractivity (Wildman–Crippen MR) is 292 cm³/mol. The van der Waals surface area contributed by atoms with Crippen LogP contribution in [-0.4, -0.2) is 119 Å². The van der Waals surface area contributed by atoms with Crippen LogP contribution in [0.4, 0.5) is 0 Å². The normalized spacial score (nSPS) is 42.8. The highest BCUT2D eigenvalue weighted by Crippen LogP contribution is 2.75. The number of furan rings is 2. The standard InChI is InChI=1S/2C32H38O10/c2*1-7-16(2)26(35)41-28-30(4)14-21-31(5,24(30)23(34)27(36)38-6)19-8-10-29(3)20(18(19)13-32(28,37)42-21)12-22(33)40-25(29)17-9-11-39-15-17/h2*7,9,11-13,15,19,21,23-25,28,34,37H,8,10,14H2,1-6H3/b2*16-7+/t2*19-,21-,23+,24-,25-,28-,29+,30+,31-,32-/m00/s1. The van der Waals surface area contributed by atoms with Gasteiger partial charge in [0.2, 0.25) is 11.6 Å². The zero-order chi connectivity index (χ0) is 60.8. The lowest BCUT2D eigenvalue weighted by atomic mass is 9.51. The van der Waals surface area contributed by atoms with Crippen LogP contribution in [0.2, 0.25) is 0 Å². The number of carbonyl (C=O) groups is 6. The number of esters is 6.